The second kappa shape index (κ2) is 8.59. The van der Waals surface area contributed by atoms with Crippen LogP contribution in [-0.4, -0.2) is 44.7 Å². The Morgan fingerprint density at radius 3 is 2.56 bits per heavy atom. The van der Waals surface area contributed by atoms with Gasteiger partial charge in [0.2, 0.25) is 5.91 Å². The number of rotatable bonds is 5. The van der Waals surface area contributed by atoms with Crippen LogP contribution in [0.1, 0.15) is 51.9 Å². The van der Waals surface area contributed by atoms with Crippen molar-refractivity contribution in [2.75, 3.05) is 24.2 Å². The first-order chi connectivity index (χ1) is 12.9. The van der Waals surface area contributed by atoms with Crippen molar-refractivity contribution in [3.63, 3.8) is 0 Å². The molecule has 2 atom stereocenters. The monoisotopic (exact) mass is 393 g/mol. The van der Waals surface area contributed by atoms with E-state index in [-0.39, 0.29) is 22.8 Å². The molecule has 150 valence electrons. The fourth-order valence-electron chi connectivity index (χ4n) is 4.29. The van der Waals surface area contributed by atoms with Gasteiger partial charge in [-0.05, 0) is 43.7 Å². The molecule has 1 saturated heterocycles. The number of amides is 1. The van der Waals surface area contributed by atoms with E-state index in [0.717, 1.165) is 44.6 Å². The number of nitrogens with zero attached hydrogens (tertiary/aromatic N) is 2. The van der Waals surface area contributed by atoms with Gasteiger partial charge in [-0.25, -0.2) is 13.4 Å². The number of carbonyl (C=O) groups excluding carboxylic acids is 1. The Kier molecular flexibility index (Phi) is 6.40. The van der Waals surface area contributed by atoms with Crippen LogP contribution < -0.4 is 10.2 Å². The molecule has 1 N–H and O–H groups in total. The molecule has 27 heavy (non-hydrogen) atoms. The number of piperidine rings is 1. The molecule has 0 spiro atoms. The quantitative estimate of drug-likeness (QED) is 0.832. The Hall–Kier alpha value is -1.63. The summed E-state index contributed by atoms with van der Waals surface area (Å²) < 4.78 is 23.2. The second-order valence-corrected chi connectivity index (χ2v) is 9.99. The van der Waals surface area contributed by atoms with Crippen LogP contribution in [0.4, 0.5) is 5.82 Å². The molecule has 2 aliphatic rings. The van der Waals surface area contributed by atoms with E-state index in [0.29, 0.717) is 5.92 Å². The summed E-state index contributed by atoms with van der Waals surface area (Å²) in [4.78, 5) is 19.4. The smallest absolute Gasteiger partial charge is 0.223 e. The van der Waals surface area contributed by atoms with E-state index < -0.39 is 9.84 Å². The summed E-state index contributed by atoms with van der Waals surface area (Å²) in [5.74, 6) is 1.61. The lowest BCUT2D eigenvalue weighted by atomic mass is 9.86. The third-order valence-corrected chi connectivity index (χ3v) is 7.13. The fraction of sp³-hybridized carbons (Fsp3) is 0.700. The predicted molar refractivity (Wildman–Crippen MR) is 106 cm³/mol. The number of nitrogens with one attached hydrogen (secondary N) is 1. The zero-order valence-corrected chi connectivity index (χ0v) is 17.2. The summed E-state index contributed by atoms with van der Waals surface area (Å²) in [6.07, 6.45) is 10.2. The van der Waals surface area contributed by atoms with Gasteiger partial charge >= 0.3 is 0 Å². The lowest BCUT2D eigenvalue weighted by Crippen LogP contribution is -2.52. The highest BCUT2D eigenvalue weighted by Gasteiger charge is 2.32. The largest absolute Gasteiger partial charge is 0.356 e. The van der Waals surface area contributed by atoms with Crippen LogP contribution in [0.15, 0.2) is 23.2 Å². The van der Waals surface area contributed by atoms with Crippen molar-refractivity contribution < 1.29 is 13.2 Å². The van der Waals surface area contributed by atoms with Gasteiger partial charge in [0.15, 0.2) is 9.84 Å². The molecule has 2 fully saturated rings. The van der Waals surface area contributed by atoms with Crippen molar-refractivity contribution in [3.8, 4) is 0 Å². The van der Waals surface area contributed by atoms with E-state index in [9.17, 15) is 13.2 Å². The molecule has 7 heteroatoms. The zero-order valence-electron chi connectivity index (χ0n) is 16.4. The minimum absolute atomic E-state index is 0.194. The first-order valence-electron chi connectivity index (χ1n) is 10.1. The summed E-state index contributed by atoms with van der Waals surface area (Å²) in [7, 11) is -3.23. The third-order valence-electron chi connectivity index (χ3n) is 6.03. The van der Waals surface area contributed by atoms with E-state index in [1.165, 1.54) is 31.7 Å². The standard InChI is InChI=1S/C20H31N3O3S/c1-3-15-14-23(19-10-9-17(13-21-19)27(2,25)26)12-11-18(15)22-20(24)16-7-5-4-6-8-16/h9-10,13,15-16,18H,3-8,11-12,14H2,1-2H3,(H,22,24)/t15-,18+/m1/s1. The zero-order chi connectivity index (χ0) is 19.4. The molecule has 1 aliphatic carbocycles. The van der Waals surface area contributed by atoms with Crippen LogP contribution in [0, 0.1) is 11.8 Å². The first-order valence-corrected chi connectivity index (χ1v) is 12.0. The molecule has 0 aromatic carbocycles. The van der Waals surface area contributed by atoms with Crippen molar-refractivity contribution in [2.24, 2.45) is 11.8 Å². The first kappa shape index (κ1) is 20.1. The number of sulfone groups is 1. The van der Waals surface area contributed by atoms with E-state index in [2.05, 4.69) is 22.1 Å². The predicted octanol–water partition coefficient (Wildman–Crippen LogP) is 2.79. The van der Waals surface area contributed by atoms with Crippen LogP contribution in [0.25, 0.3) is 0 Å². The van der Waals surface area contributed by atoms with Crippen molar-refractivity contribution in [1.82, 2.24) is 10.3 Å². The summed E-state index contributed by atoms with van der Waals surface area (Å²) in [5, 5.41) is 3.33. The van der Waals surface area contributed by atoms with Crippen LogP contribution in [0.5, 0.6) is 0 Å². The molecule has 0 unspecified atom stereocenters. The van der Waals surface area contributed by atoms with Crippen LogP contribution >= 0.6 is 0 Å². The minimum Gasteiger partial charge on any atom is -0.356 e. The molecule has 2 heterocycles. The van der Waals surface area contributed by atoms with Crippen LogP contribution in [-0.2, 0) is 14.6 Å². The molecule has 3 rings (SSSR count). The average molecular weight is 394 g/mol. The van der Waals surface area contributed by atoms with E-state index >= 15 is 0 Å². The lowest BCUT2D eigenvalue weighted by Gasteiger charge is -2.40. The maximum absolute atomic E-state index is 12.6. The molecule has 1 aromatic rings. The maximum atomic E-state index is 12.6. The number of aromatic nitrogens is 1. The van der Waals surface area contributed by atoms with Gasteiger partial charge in [-0.2, -0.15) is 0 Å². The normalized spacial score (nSPS) is 24.6. The number of pyridine rings is 1. The SMILES string of the molecule is CC[C@@H]1CN(c2ccc(S(C)(=O)=O)cn2)CC[C@@H]1NC(=O)C1CCCCC1. The Bertz CT molecular complexity index is 742. The van der Waals surface area contributed by atoms with Gasteiger partial charge in [0, 0.05) is 37.5 Å². The van der Waals surface area contributed by atoms with Gasteiger partial charge in [-0.1, -0.05) is 26.2 Å². The Balaban J connectivity index is 1.61. The molecule has 1 saturated carbocycles. The van der Waals surface area contributed by atoms with Crippen LogP contribution in [0.2, 0.25) is 0 Å². The summed E-state index contributed by atoms with van der Waals surface area (Å²) in [6.45, 7) is 3.81. The second-order valence-electron chi connectivity index (χ2n) is 7.98. The van der Waals surface area contributed by atoms with Crippen LogP contribution in [0.3, 0.4) is 0 Å². The summed E-state index contributed by atoms with van der Waals surface area (Å²) >= 11 is 0. The molecule has 0 radical (unpaired) electrons. The van der Waals surface area contributed by atoms with Gasteiger partial charge in [-0.15, -0.1) is 0 Å². The third kappa shape index (κ3) is 5.00. The highest BCUT2D eigenvalue weighted by atomic mass is 32.2. The van der Waals surface area contributed by atoms with E-state index in [1.807, 2.05) is 0 Å². The van der Waals surface area contributed by atoms with Gasteiger partial charge in [0.25, 0.3) is 0 Å². The minimum atomic E-state index is -3.23. The molecular weight excluding hydrogens is 362 g/mol. The highest BCUT2D eigenvalue weighted by molar-refractivity contribution is 7.90. The van der Waals surface area contributed by atoms with Crippen molar-refractivity contribution >= 4 is 21.6 Å². The Labute approximate surface area is 162 Å². The van der Waals surface area contributed by atoms with E-state index in [1.54, 1.807) is 12.1 Å². The van der Waals surface area contributed by atoms with E-state index in [4.69, 9.17) is 0 Å². The Morgan fingerprint density at radius 2 is 1.96 bits per heavy atom. The fourth-order valence-corrected chi connectivity index (χ4v) is 4.85. The molecule has 1 aromatic heterocycles. The summed E-state index contributed by atoms with van der Waals surface area (Å²) in [6, 6.07) is 3.62. The summed E-state index contributed by atoms with van der Waals surface area (Å²) in [5.41, 5.74) is 0. The number of hydrogen-bond donors (Lipinski definition) is 1. The highest BCUT2D eigenvalue weighted by Crippen LogP contribution is 2.27. The lowest BCUT2D eigenvalue weighted by molar-refractivity contribution is -0.127. The molecule has 6 nitrogen and oxygen atoms in total. The van der Waals surface area contributed by atoms with Gasteiger partial charge in [-0.3, -0.25) is 4.79 Å². The van der Waals surface area contributed by atoms with Gasteiger partial charge in [0.05, 0.1) is 4.90 Å². The van der Waals surface area contributed by atoms with Crippen molar-refractivity contribution in [1.29, 1.82) is 0 Å². The molecular formula is C20H31N3O3S. The Morgan fingerprint density at radius 1 is 1.22 bits per heavy atom. The molecule has 1 aliphatic heterocycles. The number of anilines is 1. The molecule has 1 amide bonds. The van der Waals surface area contributed by atoms with Gasteiger partial charge in [0.1, 0.15) is 5.82 Å². The molecule has 0 bridgehead atoms. The van der Waals surface area contributed by atoms with Gasteiger partial charge < -0.3 is 10.2 Å². The maximum Gasteiger partial charge on any atom is 0.223 e. The number of carbonyl (C=O) groups is 1. The number of hydrogen-bond acceptors (Lipinski definition) is 5. The average Bonchev–Trinajstić information content (AvgIpc) is 2.68. The topological polar surface area (TPSA) is 79.4 Å². The van der Waals surface area contributed by atoms with Crippen molar-refractivity contribution in [3.05, 3.63) is 18.3 Å². The van der Waals surface area contributed by atoms with Crippen molar-refractivity contribution in [2.45, 2.75) is 62.8 Å².